The lowest BCUT2D eigenvalue weighted by Gasteiger charge is -2.35. The quantitative estimate of drug-likeness (QED) is 0.144. The number of ether oxygens (including phenoxy) is 3. The van der Waals surface area contributed by atoms with Crippen molar-refractivity contribution in [3.05, 3.63) is 29.6 Å². The Morgan fingerprint density at radius 2 is 1.62 bits per heavy atom. The number of hydrogen-bond acceptors (Lipinski definition) is 13. The Hall–Kier alpha value is -4.71. The second kappa shape index (κ2) is 18.8. The van der Waals surface area contributed by atoms with Crippen molar-refractivity contribution in [3.63, 3.8) is 0 Å². The van der Waals surface area contributed by atoms with Gasteiger partial charge in [-0.05, 0) is 89.7 Å². The summed E-state index contributed by atoms with van der Waals surface area (Å²) in [5.41, 5.74) is 0.361. The van der Waals surface area contributed by atoms with Gasteiger partial charge in [-0.1, -0.05) is 45.4 Å². The predicted octanol–water partition coefficient (Wildman–Crippen LogP) is 6.58. The smallest absolute Gasteiger partial charge is 0.408 e. The standard InChI is InChI=1S/C45H61N7O9S2/c1-26(2)46-43-48-35(25-62-43)34-22-38(31-20-17-29(59-4)21-33(31)47-34)61-39-23-37(40(53)50-45(24-27(45)3)42(55)51-63(57,58)30-18-19-30)52-36(39)16-10-8-6-5-7-9-15-32(41(52)54)49-44(56)60-28-13-11-12-14-28/h17,20-22,25-28,30,32,36-37,39H,5-16,18-19,23-24H2,1-4H3,(H,46,48)(H,49,56)(H,50,53)(H,51,55)/t27-,32?,36?,37+,39-,45?/m1/s1. The Morgan fingerprint density at radius 3 is 2.30 bits per heavy atom. The molecule has 0 bridgehead atoms. The summed E-state index contributed by atoms with van der Waals surface area (Å²) in [5, 5.41) is 11.9. The first-order valence-electron chi connectivity index (χ1n) is 22.8. The van der Waals surface area contributed by atoms with E-state index in [1.54, 1.807) is 18.9 Å². The maximum absolute atomic E-state index is 15.2. The first-order chi connectivity index (χ1) is 30.2. The average molecular weight is 908 g/mol. The van der Waals surface area contributed by atoms with Crippen molar-refractivity contribution < 1.29 is 41.8 Å². The first kappa shape index (κ1) is 44.9. The molecule has 16 nitrogen and oxygen atoms in total. The van der Waals surface area contributed by atoms with E-state index in [1.807, 2.05) is 43.5 Å². The molecule has 342 valence electrons. The molecule has 3 saturated carbocycles. The zero-order valence-electron chi connectivity index (χ0n) is 36.7. The number of pyridine rings is 1. The number of amides is 4. The molecule has 2 saturated heterocycles. The molecule has 18 heteroatoms. The van der Waals surface area contributed by atoms with Crippen molar-refractivity contribution in [2.45, 2.75) is 171 Å². The molecule has 1 aromatic carbocycles. The third-order valence-electron chi connectivity index (χ3n) is 13.2. The first-order valence-corrected chi connectivity index (χ1v) is 25.2. The van der Waals surface area contributed by atoms with Gasteiger partial charge in [0, 0.05) is 35.4 Å². The van der Waals surface area contributed by atoms with Crippen LogP contribution in [0.2, 0.25) is 0 Å². The highest BCUT2D eigenvalue weighted by atomic mass is 32.2. The van der Waals surface area contributed by atoms with Gasteiger partial charge in [0.25, 0.3) is 5.91 Å². The lowest BCUT2D eigenvalue weighted by Crippen LogP contribution is -2.59. The highest BCUT2D eigenvalue weighted by Crippen LogP contribution is 2.45. The maximum Gasteiger partial charge on any atom is 0.408 e. The number of fused-ring (bicyclic) bond motifs is 2. The summed E-state index contributed by atoms with van der Waals surface area (Å²) in [5.74, 6) is -1.03. The van der Waals surface area contributed by atoms with Crippen molar-refractivity contribution in [2.75, 3.05) is 12.4 Å². The van der Waals surface area contributed by atoms with Crippen LogP contribution in [-0.4, -0.2) is 101 Å². The summed E-state index contributed by atoms with van der Waals surface area (Å²) in [6.07, 6.45) is 9.30. The van der Waals surface area contributed by atoms with Crippen LogP contribution in [0.25, 0.3) is 22.3 Å². The van der Waals surface area contributed by atoms with E-state index in [0.29, 0.717) is 65.9 Å². The molecule has 3 aromatic rings. The topological polar surface area (TPSA) is 207 Å². The Balaban J connectivity index is 1.15. The van der Waals surface area contributed by atoms with E-state index in [0.717, 1.165) is 62.9 Å². The molecule has 4 heterocycles. The minimum atomic E-state index is -3.89. The molecule has 4 amide bonds. The highest BCUT2D eigenvalue weighted by Gasteiger charge is 2.61. The summed E-state index contributed by atoms with van der Waals surface area (Å²) in [7, 11) is -2.30. The van der Waals surface area contributed by atoms with Gasteiger partial charge < -0.3 is 35.1 Å². The minimum absolute atomic E-state index is 0.0718. The molecule has 0 radical (unpaired) electrons. The maximum atomic E-state index is 15.2. The number of hydrogen-bond donors (Lipinski definition) is 4. The van der Waals surface area contributed by atoms with E-state index < -0.39 is 68.9 Å². The Labute approximate surface area is 373 Å². The van der Waals surface area contributed by atoms with Gasteiger partial charge in [0.1, 0.15) is 47.0 Å². The molecule has 2 aliphatic heterocycles. The molecule has 63 heavy (non-hydrogen) atoms. The number of nitrogens with zero attached hydrogens (tertiary/aromatic N) is 3. The van der Waals surface area contributed by atoms with Crippen molar-refractivity contribution >= 4 is 61.2 Å². The van der Waals surface area contributed by atoms with E-state index in [2.05, 4.69) is 20.7 Å². The fourth-order valence-electron chi connectivity index (χ4n) is 9.44. The number of nitrogens with one attached hydrogen (secondary N) is 4. The molecular weight excluding hydrogens is 847 g/mol. The predicted molar refractivity (Wildman–Crippen MR) is 239 cm³/mol. The van der Waals surface area contributed by atoms with Crippen molar-refractivity contribution in [1.29, 1.82) is 0 Å². The number of anilines is 1. The molecule has 3 unspecified atom stereocenters. The number of alkyl carbamates (subject to hydrolysis) is 1. The normalized spacial score (nSPS) is 26.9. The van der Waals surface area contributed by atoms with Gasteiger partial charge >= 0.3 is 6.09 Å². The second-order valence-electron chi connectivity index (χ2n) is 18.4. The highest BCUT2D eigenvalue weighted by molar-refractivity contribution is 7.91. The van der Waals surface area contributed by atoms with Crippen molar-refractivity contribution in [3.8, 4) is 22.9 Å². The lowest BCUT2D eigenvalue weighted by molar-refractivity contribution is -0.143. The van der Waals surface area contributed by atoms with Crippen LogP contribution >= 0.6 is 11.3 Å². The monoisotopic (exact) mass is 907 g/mol. The van der Waals surface area contributed by atoms with E-state index in [1.165, 1.54) is 11.3 Å². The lowest BCUT2D eigenvalue weighted by atomic mass is 9.98. The van der Waals surface area contributed by atoms with Gasteiger partial charge in [0.2, 0.25) is 21.8 Å². The molecule has 5 aliphatic rings. The number of methoxy groups -OCH3 is 1. The molecular formula is C45H61N7O9S2. The fourth-order valence-corrected chi connectivity index (χ4v) is 11.7. The molecule has 5 fully saturated rings. The van der Waals surface area contributed by atoms with Crippen LogP contribution in [0.1, 0.15) is 124 Å². The van der Waals surface area contributed by atoms with E-state index in [-0.39, 0.29) is 30.9 Å². The van der Waals surface area contributed by atoms with Crippen LogP contribution in [0.15, 0.2) is 29.6 Å². The van der Waals surface area contributed by atoms with Crippen LogP contribution in [0, 0.1) is 5.92 Å². The van der Waals surface area contributed by atoms with Crippen LogP contribution in [0.3, 0.4) is 0 Å². The molecule has 3 aliphatic carbocycles. The summed E-state index contributed by atoms with van der Waals surface area (Å²) in [6.45, 7) is 5.87. The largest absolute Gasteiger partial charge is 0.497 e. The molecule has 4 N–H and O–H groups in total. The second-order valence-corrected chi connectivity index (χ2v) is 21.2. The number of sulfonamides is 1. The van der Waals surface area contributed by atoms with Crippen molar-refractivity contribution in [2.24, 2.45) is 5.92 Å². The van der Waals surface area contributed by atoms with Crippen molar-refractivity contribution in [1.82, 2.24) is 30.2 Å². The number of thiazole rings is 1. The summed E-state index contributed by atoms with van der Waals surface area (Å²) in [4.78, 5) is 68.6. The summed E-state index contributed by atoms with van der Waals surface area (Å²) < 4.78 is 46.5. The molecule has 2 aromatic heterocycles. The van der Waals surface area contributed by atoms with Gasteiger partial charge in [0.05, 0.1) is 29.6 Å². The third kappa shape index (κ3) is 10.2. The Bertz CT molecular complexity index is 2300. The van der Waals surface area contributed by atoms with Gasteiger partial charge in [-0.2, -0.15) is 0 Å². The van der Waals surface area contributed by atoms with Crippen LogP contribution < -0.4 is 30.1 Å². The SMILES string of the molecule is COc1ccc2c(O[C@@H]3C[C@@H](C(=O)NC4(C(=O)NS(=O)(=O)C5CC5)C[C@H]4C)N4C(=O)C(NC(=O)OC5CCCC5)CCCCCCCCC34)cc(-c3csc(NC(C)C)n3)nc2c1. The number of rotatable bonds is 13. The molecule has 6 atom stereocenters. The van der Waals surface area contributed by atoms with Crippen LogP contribution in [0.4, 0.5) is 9.93 Å². The Kier molecular flexibility index (Phi) is 13.4. The van der Waals surface area contributed by atoms with Crippen LogP contribution in [0.5, 0.6) is 11.5 Å². The number of carbonyl (C=O) groups excluding carboxylic acids is 4. The zero-order chi connectivity index (χ0) is 44.5. The van der Waals surface area contributed by atoms with Gasteiger partial charge in [-0.25, -0.2) is 23.2 Å². The third-order valence-corrected chi connectivity index (χ3v) is 15.8. The van der Waals surface area contributed by atoms with Gasteiger partial charge in [-0.15, -0.1) is 11.3 Å². The minimum Gasteiger partial charge on any atom is -0.497 e. The average Bonchev–Trinajstić information content (AvgIpc) is 4.02. The fraction of sp³-hybridized carbons (Fsp3) is 0.644. The van der Waals surface area contributed by atoms with E-state index in [9.17, 15) is 22.8 Å². The summed E-state index contributed by atoms with van der Waals surface area (Å²) in [6, 6.07) is 4.85. The number of benzene rings is 1. The number of aromatic nitrogens is 2. The van der Waals surface area contributed by atoms with Gasteiger partial charge in [0.15, 0.2) is 5.13 Å². The van der Waals surface area contributed by atoms with E-state index >= 15 is 4.79 Å². The number of carbonyl (C=O) groups is 4. The molecule has 8 rings (SSSR count). The zero-order valence-corrected chi connectivity index (χ0v) is 38.3. The molecule has 0 spiro atoms. The Morgan fingerprint density at radius 1 is 0.921 bits per heavy atom. The summed E-state index contributed by atoms with van der Waals surface area (Å²) >= 11 is 1.47. The van der Waals surface area contributed by atoms with Crippen LogP contribution in [-0.2, 0) is 29.1 Å². The van der Waals surface area contributed by atoms with E-state index in [4.69, 9.17) is 24.2 Å². The van der Waals surface area contributed by atoms with Gasteiger partial charge in [-0.3, -0.25) is 19.1 Å².